The smallest absolute Gasteiger partial charge is 0.307 e. The topological polar surface area (TPSA) is 68.7 Å². The highest BCUT2D eigenvalue weighted by Gasteiger charge is 2.17. The summed E-state index contributed by atoms with van der Waals surface area (Å²) >= 11 is 0. The molecule has 0 fully saturated rings. The van der Waals surface area contributed by atoms with Crippen LogP contribution in [0, 0.1) is 0 Å². The monoisotopic (exact) mass is 336 g/mol. The summed E-state index contributed by atoms with van der Waals surface area (Å²) in [5.74, 6) is -0.389. The van der Waals surface area contributed by atoms with Gasteiger partial charge in [-0.05, 0) is 31.9 Å². The summed E-state index contributed by atoms with van der Waals surface area (Å²) in [7, 11) is 0. The molecule has 0 bridgehead atoms. The van der Waals surface area contributed by atoms with Crippen LogP contribution in [0.4, 0.5) is 0 Å². The van der Waals surface area contributed by atoms with Gasteiger partial charge >= 0.3 is 5.97 Å². The van der Waals surface area contributed by atoms with E-state index in [9.17, 15) is 9.59 Å². The Morgan fingerprint density at radius 3 is 2.46 bits per heavy atom. The van der Waals surface area contributed by atoms with Gasteiger partial charge < -0.3 is 14.4 Å². The number of carbonyl (C=O) groups excluding carboxylic acids is 2. The molecule has 1 amide bonds. The van der Waals surface area contributed by atoms with E-state index in [2.05, 4.69) is 11.9 Å². The molecule has 0 aliphatic carbocycles. The number of carbonyl (C=O) groups is 2. The first-order valence-electron chi connectivity index (χ1n) is 8.61. The van der Waals surface area contributed by atoms with E-state index in [0.29, 0.717) is 31.9 Å². The lowest BCUT2D eigenvalue weighted by atomic mass is 10.2. The van der Waals surface area contributed by atoms with Gasteiger partial charge in [0.15, 0.2) is 0 Å². The molecule has 1 heterocycles. The second kappa shape index (κ2) is 12.5. The van der Waals surface area contributed by atoms with E-state index < -0.39 is 0 Å². The van der Waals surface area contributed by atoms with Gasteiger partial charge in [0, 0.05) is 44.3 Å². The van der Waals surface area contributed by atoms with E-state index in [1.54, 1.807) is 36.4 Å². The summed E-state index contributed by atoms with van der Waals surface area (Å²) in [6.07, 6.45) is 6.26. The van der Waals surface area contributed by atoms with Crippen LogP contribution in [0.2, 0.25) is 0 Å². The number of unbranched alkanes of at least 4 members (excludes halogenated alkanes) is 1. The highest BCUT2D eigenvalue weighted by Crippen LogP contribution is 2.06. The molecular weight excluding hydrogens is 308 g/mol. The fourth-order valence-electron chi connectivity index (χ4n) is 2.16. The van der Waals surface area contributed by atoms with Crippen molar-refractivity contribution in [1.29, 1.82) is 0 Å². The Labute approximate surface area is 144 Å². The van der Waals surface area contributed by atoms with Gasteiger partial charge in [-0.2, -0.15) is 0 Å². The van der Waals surface area contributed by atoms with Crippen molar-refractivity contribution < 1.29 is 19.1 Å². The maximum atomic E-state index is 12.6. The van der Waals surface area contributed by atoms with Gasteiger partial charge in [-0.3, -0.25) is 14.6 Å². The largest absolute Gasteiger partial charge is 0.466 e. The number of ether oxygens (including phenoxy) is 2. The van der Waals surface area contributed by atoms with E-state index in [1.165, 1.54) is 0 Å². The van der Waals surface area contributed by atoms with E-state index in [4.69, 9.17) is 9.47 Å². The predicted molar refractivity (Wildman–Crippen MR) is 91.7 cm³/mol. The highest BCUT2D eigenvalue weighted by molar-refractivity contribution is 5.94. The van der Waals surface area contributed by atoms with Crippen molar-refractivity contribution in [2.45, 2.75) is 39.5 Å². The molecule has 0 saturated heterocycles. The first-order valence-corrected chi connectivity index (χ1v) is 8.61. The van der Waals surface area contributed by atoms with Gasteiger partial charge in [0.05, 0.1) is 13.0 Å². The lowest BCUT2D eigenvalue weighted by Gasteiger charge is -2.22. The van der Waals surface area contributed by atoms with Crippen molar-refractivity contribution >= 4 is 11.9 Å². The van der Waals surface area contributed by atoms with Gasteiger partial charge in [-0.15, -0.1) is 0 Å². The summed E-state index contributed by atoms with van der Waals surface area (Å²) in [6.45, 7) is 6.49. The molecule has 0 radical (unpaired) electrons. The van der Waals surface area contributed by atoms with Crippen LogP contribution < -0.4 is 0 Å². The SMILES string of the molecule is CCCCOCCCN(CCC(=O)OCC)C(=O)c1ccncc1. The minimum atomic E-state index is -0.288. The van der Waals surface area contributed by atoms with Gasteiger partial charge in [0.2, 0.25) is 0 Å². The van der Waals surface area contributed by atoms with E-state index in [0.717, 1.165) is 25.9 Å². The summed E-state index contributed by atoms with van der Waals surface area (Å²) in [4.78, 5) is 29.7. The maximum Gasteiger partial charge on any atom is 0.307 e. The van der Waals surface area contributed by atoms with Gasteiger partial charge in [0.25, 0.3) is 5.91 Å². The van der Waals surface area contributed by atoms with Crippen LogP contribution in [0.15, 0.2) is 24.5 Å². The van der Waals surface area contributed by atoms with Crippen molar-refractivity contribution in [2.75, 3.05) is 32.9 Å². The van der Waals surface area contributed by atoms with Crippen LogP contribution in [0.1, 0.15) is 49.9 Å². The molecule has 0 saturated carbocycles. The molecule has 6 nitrogen and oxygen atoms in total. The van der Waals surface area contributed by atoms with Crippen molar-refractivity contribution in [3.05, 3.63) is 30.1 Å². The summed E-state index contributed by atoms with van der Waals surface area (Å²) in [6, 6.07) is 3.36. The molecular formula is C18H28N2O4. The Hall–Kier alpha value is -1.95. The quantitative estimate of drug-likeness (QED) is 0.433. The number of nitrogens with zero attached hydrogens (tertiary/aromatic N) is 2. The number of esters is 1. The number of hydrogen-bond donors (Lipinski definition) is 0. The lowest BCUT2D eigenvalue weighted by molar-refractivity contribution is -0.143. The van der Waals surface area contributed by atoms with Gasteiger partial charge in [0.1, 0.15) is 0 Å². The van der Waals surface area contributed by atoms with Crippen LogP contribution in [0.5, 0.6) is 0 Å². The Morgan fingerprint density at radius 1 is 1.08 bits per heavy atom. The van der Waals surface area contributed by atoms with Crippen molar-refractivity contribution in [2.24, 2.45) is 0 Å². The summed E-state index contributed by atoms with van der Waals surface area (Å²) in [5.41, 5.74) is 0.570. The van der Waals surface area contributed by atoms with Crippen LogP contribution in [0.25, 0.3) is 0 Å². The fourth-order valence-corrected chi connectivity index (χ4v) is 2.16. The Kier molecular flexibility index (Phi) is 10.4. The molecule has 24 heavy (non-hydrogen) atoms. The van der Waals surface area contributed by atoms with Gasteiger partial charge in [-0.1, -0.05) is 13.3 Å². The first-order chi connectivity index (χ1) is 11.7. The zero-order chi connectivity index (χ0) is 17.6. The minimum absolute atomic E-state index is 0.102. The second-order valence-corrected chi connectivity index (χ2v) is 5.40. The molecule has 1 rings (SSSR count). The third kappa shape index (κ3) is 8.06. The van der Waals surface area contributed by atoms with Crippen molar-refractivity contribution in [3.63, 3.8) is 0 Å². The normalized spacial score (nSPS) is 10.4. The molecule has 0 N–H and O–H groups in total. The first kappa shape index (κ1) is 20.1. The summed E-state index contributed by atoms with van der Waals surface area (Å²) < 4.78 is 10.5. The second-order valence-electron chi connectivity index (χ2n) is 5.40. The molecule has 1 aromatic rings. The third-order valence-corrected chi connectivity index (χ3v) is 3.46. The number of hydrogen-bond acceptors (Lipinski definition) is 5. The molecule has 0 aliphatic rings. The minimum Gasteiger partial charge on any atom is -0.466 e. The molecule has 1 aromatic heterocycles. The molecule has 0 atom stereocenters. The van der Waals surface area contributed by atoms with E-state index in [1.807, 2.05) is 0 Å². The van der Waals surface area contributed by atoms with Crippen molar-refractivity contribution in [3.8, 4) is 0 Å². The number of rotatable bonds is 12. The molecule has 134 valence electrons. The van der Waals surface area contributed by atoms with E-state index in [-0.39, 0.29) is 18.3 Å². The Morgan fingerprint density at radius 2 is 1.79 bits per heavy atom. The van der Waals surface area contributed by atoms with Crippen LogP contribution in [-0.2, 0) is 14.3 Å². The average Bonchev–Trinajstić information content (AvgIpc) is 2.61. The fraction of sp³-hybridized carbons (Fsp3) is 0.611. The molecule has 0 aromatic carbocycles. The molecule has 6 heteroatoms. The molecule has 0 unspecified atom stereocenters. The van der Waals surface area contributed by atoms with Gasteiger partial charge in [-0.25, -0.2) is 0 Å². The Balaban J connectivity index is 2.52. The highest BCUT2D eigenvalue weighted by atomic mass is 16.5. The number of amides is 1. The lowest BCUT2D eigenvalue weighted by Crippen LogP contribution is -2.34. The predicted octanol–water partition coefficient (Wildman–Crippen LogP) is 2.68. The van der Waals surface area contributed by atoms with E-state index >= 15 is 0 Å². The zero-order valence-electron chi connectivity index (χ0n) is 14.7. The molecule has 0 spiro atoms. The van der Waals surface area contributed by atoms with Crippen molar-refractivity contribution in [1.82, 2.24) is 9.88 Å². The summed E-state index contributed by atoms with van der Waals surface area (Å²) in [5, 5.41) is 0. The average molecular weight is 336 g/mol. The maximum absolute atomic E-state index is 12.6. The third-order valence-electron chi connectivity index (χ3n) is 3.46. The van der Waals surface area contributed by atoms with Crippen LogP contribution in [-0.4, -0.2) is 54.7 Å². The Bertz CT molecular complexity index is 479. The van der Waals surface area contributed by atoms with Crippen LogP contribution >= 0.6 is 0 Å². The number of aromatic nitrogens is 1. The zero-order valence-corrected chi connectivity index (χ0v) is 14.7. The standard InChI is InChI=1S/C18H28N2O4/c1-3-5-14-23-15-6-12-20(13-9-17(21)24-4-2)18(22)16-7-10-19-11-8-16/h7-8,10-11H,3-6,9,12-15H2,1-2H3. The van der Waals surface area contributed by atoms with Crippen LogP contribution in [0.3, 0.4) is 0 Å². The molecule has 0 aliphatic heterocycles. The number of pyridine rings is 1.